The Balaban J connectivity index is 1.78. The van der Waals surface area contributed by atoms with E-state index in [0.29, 0.717) is 23.4 Å². The van der Waals surface area contributed by atoms with Crippen molar-refractivity contribution in [2.24, 2.45) is 0 Å². The topological polar surface area (TPSA) is 44.5 Å². The summed E-state index contributed by atoms with van der Waals surface area (Å²) in [4.78, 5) is 0. The molecule has 16 heavy (non-hydrogen) atoms. The minimum absolute atomic E-state index is 0.365. The van der Waals surface area contributed by atoms with Crippen LogP contribution in [0.1, 0.15) is 19.3 Å². The Hall–Kier alpha value is -0.930. The molecule has 0 bridgehead atoms. The van der Waals surface area contributed by atoms with E-state index in [1.54, 1.807) is 12.1 Å². The molecule has 1 atom stereocenters. The third-order valence-corrected chi connectivity index (χ3v) is 3.03. The predicted octanol–water partition coefficient (Wildman–Crippen LogP) is 2.87. The molecule has 0 spiro atoms. The molecule has 0 amide bonds. The molecule has 1 aliphatic heterocycles. The van der Waals surface area contributed by atoms with Gasteiger partial charge in [0.25, 0.3) is 0 Å². The van der Waals surface area contributed by atoms with Crippen LogP contribution in [0, 0.1) is 0 Å². The number of benzene rings is 1. The molecule has 1 fully saturated rings. The number of hydrogen-bond donors (Lipinski definition) is 1. The summed E-state index contributed by atoms with van der Waals surface area (Å²) in [5, 5.41) is 0.537. The molecule has 1 aromatic rings. The van der Waals surface area contributed by atoms with Crippen molar-refractivity contribution in [2.75, 3.05) is 18.9 Å². The molecule has 1 saturated heterocycles. The molecule has 0 aliphatic carbocycles. The molecule has 1 aromatic carbocycles. The zero-order chi connectivity index (χ0) is 11.4. The van der Waals surface area contributed by atoms with Crippen LogP contribution >= 0.6 is 11.6 Å². The fraction of sp³-hybridized carbons (Fsp3) is 0.500. The van der Waals surface area contributed by atoms with Crippen molar-refractivity contribution in [1.29, 1.82) is 0 Å². The molecular weight excluding hydrogens is 226 g/mol. The van der Waals surface area contributed by atoms with Gasteiger partial charge in [0, 0.05) is 19.1 Å². The lowest BCUT2D eigenvalue weighted by atomic mass is 10.2. The summed E-state index contributed by atoms with van der Waals surface area (Å²) in [6.45, 7) is 1.54. The van der Waals surface area contributed by atoms with Gasteiger partial charge < -0.3 is 15.2 Å². The SMILES string of the molecule is Nc1ccc(OCCC2CCCO2)cc1Cl. The number of hydrogen-bond acceptors (Lipinski definition) is 3. The monoisotopic (exact) mass is 241 g/mol. The van der Waals surface area contributed by atoms with E-state index in [2.05, 4.69) is 0 Å². The fourth-order valence-electron chi connectivity index (χ4n) is 1.78. The van der Waals surface area contributed by atoms with E-state index in [1.165, 1.54) is 6.42 Å². The van der Waals surface area contributed by atoms with Crippen molar-refractivity contribution in [3.63, 3.8) is 0 Å². The zero-order valence-electron chi connectivity index (χ0n) is 9.12. The molecule has 88 valence electrons. The van der Waals surface area contributed by atoms with Crippen LogP contribution in [0.15, 0.2) is 18.2 Å². The Morgan fingerprint density at radius 3 is 3.06 bits per heavy atom. The van der Waals surface area contributed by atoms with Gasteiger partial charge in [-0.1, -0.05) is 11.6 Å². The Kier molecular flexibility index (Phi) is 3.91. The van der Waals surface area contributed by atoms with E-state index in [4.69, 9.17) is 26.8 Å². The van der Waals surface area contributed by atoms with Crippen molar-refractivity contribution < 1.29 is 9.47 Å². The summed E-state index contributed by atoms with van der Waals surface area (Å²) in [6, 6.07) is 5.33. The van der Waals surface area contributed by atoms with Gasteiger partial charge in [0.2, 0.25) is 0 Å². The average molecular weight is 242 g/mol. The Labute approximate surface area is 100 Å². The fourth-order valence-corrected chi connectivity index (χ4v) is 1.95. The average Bonchev–Trinajstić information content (AvgIpc) is 2.76. The second-order valence-corrected chi connectivity index (χ2v) is 4.36. The maximum absolute atomic E-state index is 5.89. The molecular formula is C12H16ClNO2. The quantitative estimate of drug-likeness (QED) is 0.825. The molecule has 0 aromatic heterocycles. The van der Waals surface area contributed by atoms with Gasteiger partial charge in [0.1, 0.15) is 5.75 Å². The molecule has 2 rings (SSSR count). The summed E-state index contributed by atoms with van der Waals surface area (Å²) in [7, 11) is 0. The highest BCUT2D eigenvalue weighted by Gasteiger charge is 2.15. The minimum atomic E-state index is 0.365. The summed E-state index contributed by atoms with van der Waals surface area (Å²) in [6.07, 6.45) is 3.61. The van der Waals surface area contributed by atoms with Gasteiger partial charge in [-0.05, 0) is 25.0 Å². The molecule has 1 aliphatic rings. The van der Waals surface area contributed by atoms with Gasteiger partial charge in [0.05, 0.1) is 23.4 Å². The van der Waals surface area contributed by atoms with Crippen LogP contribution in [0.3, 0.4) is 0 Å². The number of halogens is 1. The molecule has 0 saturated carbocycles. The van der Waals surface area contributed by atoms with Gasteiger partial charge in [-0.3, -0.25) is 0 Å². The van der Waals surface area contributed by atoms with Crippen LogP contribution in [0.4, 0.5) is 5.69 Å². The van der Waals surface area contributed by atoms with Crippen LogP contribution in [-0.2, 0) is 4.74 Å². The Morgan fingerprint density at radius 2 is 2.38 bits per heavy atom. The molecule has 1 heterocycles. The lowest BCUT2D eigenvalue weighted by molar-refractivity contribution is 0.0903. The van der Waals surface area contributed by atoms with E-state index in [1.807, 2.05) is 6.07 Å². The highest BCUT2D eigenvalue weighted by Crippen LogP contribution is 2.24. The first-order valence-electron chi connectivity index (χ1n) is 5.55. The van der Waals surface area contributed by atoms with Crippen LogP contribution in [-0.4, -0.2) is 19.3 Å². The van der Waals surface area contributed by atoms with E-state index >= 15 is 0 Å². The van der Waals surface area contributed by atoms with E-state index in [-0.39, 0.29) is 0 Å². The molecule has 0 radical (unpaired) electrons. The highest BCUT2D eigenvalue weighted by atomic mass is 35.5. The van der Waals surface area contributed by atoms with Gasteiger partial charge in [-0.25, -0.2) is 0 Å². The van der Waals surface area contributed by atoms with Crippen LogP contribution < -0.4 is 10.5 Å². The molecule has 1 unspecified atom stereocenters. The van der Waals surface area contributed by atoms with Gasteiger partial charge >= 0.3 is 0 Å². The first-order chi connectivity index (χ1) is 7.75. The standard InChI is InChI=1S/C12H16ClNO2/c13-11-8-10(3-4-12(11)14)16-7-5-9-2-1-6-15-9/h3-4,8-9H,1-2,5-7,14H2. The maximum atomic E-state index is 5.89. The summed E-state index contributed by atoms with van der Waals surface area (Å²) < 4.78 is 11.1. The van der Waals surface area contributed by atoms with E-state index < -0.39 is 0 Å². The van der Waals surface area contributed by atoms with Crippen LogP contribution in [0.2, 0.25) is 5.02 Å². The third kappa shape index (κ3) is 3.03. The molecule has 4 heteroatoms. The Morgan fingerprint density at radius 1 is 1.50 bits per heavy atom. The van der Waals surface area contributed by atoms with Crippen molar-refractivity contribution >= 4 is 17.3 Å². The number of ether oxygens (including phenoxy) is 2. The minimum Gasteiger partial charge on any atom is -0.493 e. The maximum Gasteiger partial charge on any atom is 0.120 e. The lowest BCUT2D eigenvalue weighted by Gasteiger charge is -2.11. The number of rotatable bonds is 4. The van der Waals surface area contributed by atoms with Crippen LogP contribution in [0.25, 0.3) is 0 Å². The smallest absolute Gasteiger partial charge is 0.120 e. The molecule has 3 nitrogen and oxygen atoms in total. The number of nitrogens with two attached hydrogens (primary N) is 1. The second kappa shape index (κ2) is 5.41. The summed E-state index contributed by atoms with van der Waals surface area (Å²) >= 11 is 5.89. The number of anilines is 1. The normalized spacial score (nSPS) is 19.9. The summed E-state index contributed by atoms with van der Waals surface area (Å²) in [5.74, 6) is 0.761. The predicted molar refractivity (Wildman–Crippen MR) is 65.0 cm³/mol. The highest BCUT2D eigenvalue weighted by molar-refractivity contribution is 6.33. The first-order valence-corrected chi connectivity index (χ1v) is 5.93. The van der Waals surface area contributed by atoms with Gasteiger partial charge in [-0.15, -0.1) is 0 Å². The number of nitrogen functional groups attached to an aromatic ring is 1. The van der Waals surface area contributed by atoms with E-state index in [9.17, 15) is 0 Å². The lowest BCUT2D eigenvalue weighted by Crippen LogP contribution is -2.10. The second-order valence-electron chi connectivity index (χ2n) is 3.96. The van der Waals surface area contributed by atoms with Gasteiger partial charge in [-0.2, -0.15) is 0 Å². The first kappa shape index (κ1) is 11.6. The molecule has 2 N–H and O–H groups in total. The van der Waals surface area contributed by atoms with Crippen molar-refractivity contribution in [1.82, 2.24) is 0 Å². The summed E-state index contributed by atoms with van der Waals surface area (Å²) in [5.41, 5.74) is 6.19. The third-order valence-electron chi connectivity index (χ3n) is 2.70. The van der Waals surface area contributed by atoms with E-state index in [0.717, 1.165) is 25.2 Å². The largest absolute Gasteiger partial charge is 0.493 e. The van der Waals surface area contributed by atoms with Crippen molar-refractivity contribution in [3.05, 3.63) is 23.2 Å². The van der Waals surface area contributed by atoms with Crippen molar-refractivity contribution in [2.45, 2.75) is 25.4 Å². The Bertz CT molecular complexity index is 351. The zero-order valence-corrected chi connectivity index (χ0v) is 9.87. The van der Waals surface area contributed by atoms with Crippen LogP contribution in [0.5, 0.6) is 5.75 Å². The van der Waals surface area contributed by atoms with Crippen molar-refractivity contribution in [3.8, 4) is 5.75 Å². The van der Waals surface area contributed by atoms with Gasteiger partial charge in [0.15, 0.2) is 0 Å².